The molecule has 3 atom stereocenters. The highest BCUT2D eigenvalue weighted by Gasteiger charge is 2.23. The first-order chi connectivity index (χ1) is 34.2. The van der Waals surface area contributed by atoms with Crippen molar-refractivity contribution < 1.29 is 23.9 Å². The molecule has 70 heavy (non-hydrogen) atoms. The predicted molar refractivity (Wildman–Crippen MR) is 304 cm³/mol. The predicted octanol–water partition coefficient (Wildman–Crippen LogP) is 19.1. The van der Waals surface area contributed by atoms with Crippen LogP contribution in [0.2, 0.25) is 0 Å². The average Bonchev–Trinajstić information content (AvgIpc) is 3.35. The highest BCUT2D eigenvalue weighted by molar-refractivity contribution is 5.76. The maximum Gasteiger partial charge on any atom is 0.305 e. The summed E-state index contributed by atoms with van der Waals surface area (Å²) in [7, 11) is 4.27. The lowest BCUT2D eigenvalue weighted by Gasteiger charge is -2.33. The first kappa shape index (κ1) is 68.4. The molecule has 0 radical (unpaired) electrons. The average molecular weight is 990 g/mol. The molecule has 7 nitrogen and oxygen atoms in total. The topological polar surface area (TPSA) is 76.2 Å². The third kappa shape index (κ3) is 46.2. The normalized spacial score (nSPS) is 12.9. The summed E-state index contributed by atoms with van der Waals surface area (Å²) < 4.78 is 11.7. The van der Waals surface area contributed by atoms with E-state index in [0.717, 1.165) is 96.6 Å². The summed E-state index contributed by atoms with van der Waals surface area (Å²) >= 11 is 0. The van der Waals surface area contributed by atoms with Gasteiger partial charge >= 0.3 is 11.9 Å². The number of esters is 2. The van der Waals surface area contributed by atoms with E-state index >= 15 is 0 Å². The third-order valence-electron chi connectivity index (χ3n) is 15.2. The fraction of sp³-hybridized carbons (Fsp3) is 0.952. The molecule has 0 spiro atoms. The van der Waals surface area contributed by atoms with Crippen molar-refractivity contribution in [1.82, 2.24) is 9.80 Å². The second-order valence-corrected chi connectivity index (χ2v) is 22.4. The fourth-order valence-electron chi connectivity index (χ4n) is 10.4. The van der Waals surface area contributed by atoms with Crippen LogP contribution in [-0.2, 0) is 23.9 Å². The number of hydrogen-bond donors (Lipinski definition) is 0. The minimum absolute atomic E-state index is 0.00225. The molecular formula is C63H124N2O5. The van der Waals surface area contributed by atoms with Gasteiger partial charge < -0.3 is 19.3 Å². The number of amides is 1. The Morgan fingerprint density at radius 2 is 0.614 bits per heavy atom. The second-order valence-electron chi connectivity index (χ2n) is 22.4. The summed E-state index contributed by atoms with van der Waals surface area (Å²) in [5.41, 5.74) is 0. The van der Waals surface area contributed by atoms with E-state index in [-0.39, 0.29) is 11.9 Å². The van der Waals surface area contributed by atoms with E-state index in [0.29, 0.717) is 56.3 Å². The second kappa shape index (κ2) is 53.7. The van der Waals surface area contributed by atoms with Gasteiger partial charge in [-0.2, -0.15) is 0 Å². The van der Waals surface area contributed by atoms with Gasteiger partial charge in [0.15, 0.2) is 0 Å². The Labute approximate surface area is 438 Å². The zero-order chi connectivity index (χ0) is 51.4. The van der Waals surface area contributed by atoms with Gasteiger partial charge in [0.25, 0.3) is 0 Å². The number of ether oxygens (including phenoxy) is 2. The van der Waals surface area contributed by atoms with Crippen LogP contribution >= 0.6 is 0 Å². The van der Waals surface area contributed by atoms with Gasteiger partial charge in [-0.15, -0.1) is 0 Å². The molecule has 0 aliphatic carbocycles. The molecule has 0 aliphatic heterocycles. The number of nitrogens with zero attached hydrogens (tertiary/aromatic N) is 2. The molecule has 0 aliphatic rings. The van der Waals surface area contributed by atoms with Crippen molar-refractivity contribution in [2.24, 2.45) is 11.8 Å². The van der Waals surface area contributed by atoms with Crippen molar-refractivity contribution in [3.63, 3.8) is 0 Å². The third-order valence-corrected chi connectivity index (χ3v) is 15.2. The van der Waals surface area contributed by atoms with Gasteiger partial charge in [-0.25, -0.2) is 0 Å². The molecule has 416 valence electrons. The summed E-state index contributed by atoms with van der Waals surface area (Å²) in [4.78, 5) is 44.0. The largest absolute Gasteiger partial charge is 0.465 e. The summed E-state index contributed by atoms with van der Waals surface area (Å²) in [6.45, 7) is 14.4. The van der Waals surface area contributed by atoms with Gasteiger partial charge in [-0.3, -0.25) is 14.4 Å². The molecule has 1 amide bonds. The lowest BCUT2D eigenvalue weighted by molar-refractivity contribution is -0.146. The molecule has 0 rings (SSSR count). The summed E-state index contributed by atoms with van der Waals surface area (Å²) in [5.74, 6) is 1.43. The van der Waals surface area contributed by atoms with E-state index in [4.69, 9.17) is 9.47 Å². The monoisotopic (exact) mass is 989 g/mol. The van der Waals surface area contributed by atoms with E-state index in [1.165, 1.54) is 193 Å². The molecule has 0 aromatic heterocycles. The van der Waals surface area contributed by atoms with Crippen LogP contribution in [0.15, 0.2) is 0 Å². The standard InChI is InChI=1S/C63H124N2O5/c1-8-13-18-23-30-38-48-59(46-36-22-17-12-5)57-70-63(68)53-43-34-27-25-32-40-50-60(65(55-44-54-64(6)7)61(66)51-41-29-20-15-10-3)49-39-31-24-26-33-42-52-62(67)69-56-58(45-35-21-16-11-4)47-37-28-19-14-9-2/h58-60H,8-57H2,1-7H3. The first-order valence-corrected chi connectivity index (χ1v) is 31.5. The van der Waals surface area contributed by atoms with Crippen LogP contribution in [0.5, 0.6) is 0 Å². The first-order valence-electron chi connectivity index (χ1n) is 31.5. The molecule has 7 heteroatoms. The van der Waals surface area contributed by atoms with Crippen LogP contribution < -0.4 is 0 Å². The van der Waals surface area contributed by atoms with Crippen molar-refractivity contribution in [2.75, 3.05) is 40.4 Å². The number of hydrogen-bond acceptors (Lipinski definition) is 6. The Kier molecular flexibility index (Phi) is 52.4. The van der Waals surface area contributed by atoms with Crippen LogP contribution in [-0.4, -0.2) is 74.1 Å². The van der Waals surface area contributed by atoms with Gasteiger partial charge in [0.2, 0.25) is 5.91 Å². The van der Waals surface area contributed by atoms with E-state index in [1.54, 1.807) is 0 Å². The van der Waals surface area contributed by atoms with Gasteiger partial charge in [0.1, 0.15) is 0 Å². The zero-order valence-corrected chi connectivity index (χ0v) is 48.5. The smallest absolute Gasteiger partial charge is 0.305 e. The van der Waals surface area contributed by atoms with Crippen molar-refractivity contribution in [1.29, 1.82) is 0 Å². The van der Waals surface area contributed by atoms with Gasteiger partial charge in [0, 0.05) is 31.8 Å². The van der Waals surface area contributed by atoms with Crippen LogP contribution in [0.25, 0.3) is 0 Å². The van der Waals surface area contributed by atoms with Crippen LogP contribution in [0.3, 0.4) is 0 Å². The maximum absolute atomic E-state index is 13.9. The Balaban J connectivity index is 4.98. The molecule has 0 bridgehead atoms. The molecule has 0 heterocycles. The Morgan fingerprint density at radius 1 is 0.329 bits per heavy atom. The van der Waals surface area contributed by atoms with Crippen molar-refractivity contribution in [2.45, 2.75) is 336 Å². The highest BCUT2D eigenvalue weighted by Crippen LogP contribution is 2.24. The van der Waals surface area contributed by atoms with E-state index < -0.39 is 0 Å². The molecule has 0 saturated carbocycles. The lowest BCUT2D eigenvalue weighted by atomic mass is 9.95. The molecule has 0 N–H and O–H groups in total. The van der Waals surface area contributed by atoms with Crippen LogP contribution in [0.4, 0.5) is 0 Å². The van der Waals surface area contributed by atoms with Crippen molar-refractivity contribution >= 4 is 17.8 Å². The summed E-state index contributed by atoms with van der Waals surface area (Å²) in [6.07, 6.45) is 53.8. The van der Waals surface area contributed by atoms with Crippen molar-refractivity contribution in [3.8, 4) is 0 Å². The fourth-order valence-corrected chi connectivity index (χ4v) is 10.4. The quantitative estimate of drug-likeness (QED) is 0.0446. The maximum atomic E-state index is 13.9. The lowest BCUT2D eigenvalue weighted by Crippen LogP contribution is -2.41. The minimum atomic E-state index is 0.00225. The summed E-state index contributed by atoms with van der Waals surface area (Å²) in [6, 6.07) is 0.318. The van der Waals surface area contributed by atoms with E-state index in [2.05, 4.69) is 58.5 Å². The molecule has 0 aromatic rings. The van der Waals surface area contributed by atoms with E-state index in [9.17, 15) is 14.4 Å². The number of unbranched alkanes of at least 4 members (excludes halogenated alkanes) is 29. The highest BCUT2D eigenvalue weighted by atomic mass is 16.5. The van der Waals surface area contributed by atoms with Gasteiger partial charge in [-0.1, -0.05) is 247 Å². The Bertz CT molecular complexity index is 1110. The van der Waals surface area contributed by atoms with Gasteiger partial charge in [-0.05, 0) is 96.7 Å². The minimum Gasteiger partial charge on any atom is -0.465 e. The molecule has 0 aromatic carbocycles. The van der Waals surface area contributed by atoms with Crippen molar-refractivity contribution in [3.05, 3.63) is 0 Å². The van der Waals surface area contributed by atoms with Crippen LogP contribution in [0.1, 0.15) is 330 Å². The van der Waals surface area contributed by atoms with E-state index in [1.807, 2.05) is 0 Å². The number of carbonyl (C=O) groups excluding carboxylic acids is 3. The molecule has 0 fully saturated rings. The van der Waals surface area contributed by atoms with Gasteiger partial charge in [0.05, 0.1) is 13.2 Å². The molecule has 3 unspecified atom stereocenters. The SMILES string of the molecule is CCCCCCCCC(CCCCCC)COC(=O)CCCCCCCCC(CCCCCCCCC(=O)OCC(CCCCCC)CCCCCCC)N(CCCN(C)C)C(=O)CCCCCCC. The molecule has 0 saturated heterocycles. The Hall–Kier alpha value is -1.63. The number of rotatable bonds is 56. The molecular weight excluding hydrogens is 865 g/mol. The van der Waals surface area contributed by atoms with Crippen LogP contribution in [0, 0.1) is 11.8 Å². The zero-order valence-electron chi connectivity index (χ0n) is 48.5. The Morgan fingerprint density at radius 3 is 0.957 bits per heavy atom. The summed E-state index contributed by atoms with van der Waals surface area (Å²) in [5, 5.41) is 0. The number of carbonyl (C=O) groups is 3.